The van der Waals surface area contributed by atoms with E-state index in [4.69, 9.17) is 10.7 Å². The van der Waals surface area contributed by atoms with Crippen molar-refractivity contribution in [2.24, 2.45) is 17.6 Å². The maximum Gasteiger partial charge on any atom is 0.0705 e. The van der Waals surface area contributed by atoms with Crippen molar-refractivity contribution in [3.8, 4) is 0 Å². The Hall–Kier alpha value is -1.41. The van der Waals surface area contributed by atoms with Crippen LogP contribution in [-0.4, -0.2) is 10.5 Å². The van der Waals surface area contributed by atoms with E-state index in [9.17, 15) is 0 Å². The zero-order valence-corrected chi connectivity index (χ0v) is 12.5. The molecule has 0 aliphatic heterocycles. The van der Waals surface area contributed by atoms with Gasteiger partial charge in [-0.05, 0) is 30.4 Å². The SMILES string of the molecule is CC1CCCC(N)(Cc2ccc3ccccc3n2)C1C. The Morgan fingerprint density at radius 1 is 1.20 bits per heavy atom. The number of benzene rings is 1. The first kappa shape index (κ1) is 13.6. The summed E-state index contributed by atoms with van der Waals surface area (Å²) in [4.78, 5) is 4.79. The summed E-state index contributed by atoms with van der Waals surface area (Å²) >= 11 is 0. The number of nitrogens with zero attached hydrogens (tertiary/aromatic N) is 1. The lowest BCUT2D eigenvalue weighted by atomic mass is 9.67. The Labute approximate surface area is 121 Å². The number of para-hydroxylation sites is 1. The fraction of sp³-hybridized carbons (Fsp3) is 0.500. The van der Waals surface area contributed by atoms with Gasteiger partial charge < -0.3 is 5.73 Å². The van der Waals surface area contributed by atoms with Crippen LogP contribution in [0.15, 0.2) is 36.4 Å². The normalized spacial score (nSPS) is 30.6. The molecule has 3 unspecified atom stereocenters. The summed E-state index contributed by atoms with van der Waals surface area (Å²) in [5, 5.41) is 1.20. The summed E-state index contributed by atoms with van der Waals surface area (Å²) in [6.45, 7) is 4.64. The first-order valence-corrected chi connectivity index (χ1v) is 7.72. The molecule has 2 nitrogen and oxygen atoms in total. The predicted molar refractivity (Wildman–Crippen MR) is 84.5 cm³/mol. The highest BCUT2D eigenvalue weighted by Crippen LogP contribution is 2.37. The molecule has 0 spiro atoms. The van der Waals surface area contributed by atoms with E-state index in [0.717, 1.165) is 24.1 Å². The second-order valence-electron chi connectivity index (χ2n) is 6.56. The van der Waals surface area contributed by atoms with E-state index in [1.165, 1.54) is 18.2 Å². The van der Waals surface area contributed by atoms with E-state index in [1.54, 1.807) is 0 Å². The van der Waals surface area contributed by atoms with Crippen LogP contribution in [-0.2, 0) is 6.42 Å². The lowest BCUT2D eigenvalue weighted by Gasteiger charge is -2.43. The van der Waals surface area contributed by atoms with E-state index >= 15 is 0 Å². The third kappa shape index (κ3) is 2.45. The van der Waals surface area contributed by atoms with Crippen LogP contribution in [0.4, 0.5) is 0 Å². The average Bonchev–Trinajstić information content (AvgIpc) is 2.45. The number of fused-ring (bicyclic) bond motifs is 1. The van der Waals surface area contributed by atoms with Gasteiger partial charge in [0.15, 0.2) is 0 Å². The van der Waals surface area contributed by atoms with Gasteiger partial charge in [-0.1, -0.05) is 51.0 Å². The Morgan fingerprint density at radius 2 is 2.00 bits per heavy atom. The van der Waals surface area contributed by atoms with Crippen LogP contribution in [0.1, 0.15) is 38.8 Å². The van der Waals surface area contributed by atoms with Gasteiger partial charge >= 0.3 is 0 Å². The molecule has 1 aliphatic rings. The van der Waals surface area contributed by atoms with Crippen LogP contribution in [0.25, 0.3) is 10.9 Å². The fourth-order valence-corrected chi connectivity index (χ4v) is 3.59. The second kappa shape index (κ2) is 5.17. The summed E-state index contributed by atoms with van der Waals surface area (Å²) < 4.78 is 0. The maximum atomic E-state index is 6.73. The Bertz CT molecular complexity index is 607. The van der Waals surface area contributed by atoms with Crippen molar-refractivity contribution in [2.45, 2.75) is 45.1 Å². The van der Waals surface area contributed by atoms with Crippen molar-refractivity contribution in [3.05, 3.63) is 42.1 Å². The van der Waals surface area contributed by atoms with Crippen LogP contribution in [0.2, 0.25) is 0 Å². The van der Waals surface area contributed by atoms with Crippen LogP contribution < -0.4 is 5.73 Å². The largest absolute Gasteiger partial charge is 0.324 e. The number of nitrogens with two attached hydrogens (primary N) is 1. The third-order valence-corrected chi connectivity index (χ3v) is 5.23. The first-order chi connectivity index (χ1) is 9.58. The molecule has 3 atom stereocenters. The minimum atomic E-state index is -0.0902. The molecule has 1 saturated carbocycles. The number of rotatable bonds is 2. The van der Waals surface area contributed by atoms with Gasteiger partial charge in [0.1, 0.15) is 0 Å². The summed E-state index contributed by atoms with van der Waals surface area (Å²) in [5.74, 6) is 1.28. The Balaban J connectivity index is 1.88. The van der Waals surface area contributed by atoms with Gasteiger partial charge in [0.05, 0.1) is 5.52 Å². The van der Waals surface area contributed by atoms with Gasteiger partial charge in [-0.3, -0.25) is 4.98 Å². The topological polar surface area (TPSA) is 38.9 Å². The Morgan fingerprint density at radius 3 is 2.85 bits per heavy atom. The molecule has 3 rings (SSSR count). The van der Waals surface area contributed by atoms with Crippen molar-refractivity contribution in [3.63, 3.8) is 0 Å². The molecule has 0 bridgehead atoms. The van der Waals surface area contributed by atoms with E-state index in [0.29, 0.717) is 11.8 Å². The standard InChI is InChI=1S/C18H24N2/c1-13-6-5-11-18(19,14(13)2)12-16-10-9-15-7-3-4-8-17(15)20-16/h3-4,7-10,13-14H,5-6,11-12,19H2,1-2H3. The van der Waals surface area contributed by atoms with E-state index < -0.39 is 0 Å². The number of hydrogen-bond acceptors (Lipinski definition) is 2. The molecule has 1 fully saturated rings. The monoisotopic (exact) mass is 268 g/mol. The van der Waals surface area contributed by atoms with Gasteiger partial charge in [-0.25, -0.2) is 0 Å². The predicted octanol–water partition coefficient (Wildman–Crippen LogP) is 3.93. The summed E-state index contributed by atoms with van der Waals surface area (Å²) in [6.07, 6.45) is 4.57. The molecular formula is C18H24N2. The van der Waals surface area contributed by atoms with E-state index in [2.05, 4.69) is 44.2 Å². The zero-order chi connectivity index (χ0) is 14.2. The molecule has 0 radical (unpaired) electrons. The number of hydrogen-bond donors (Lipinski definition) is 1. The molecule has 0 amide bonds. The molecule has 1 aliphatic carbocycles. The highest BCUT2D eigenvalue weighted by atomic mass is 14.8. The minimum absolute atomic E-state index is 0.0902. The zero-order valence-electron chi connectivity index (χ0n) is 12.5. The summed E-state index contributed by atoms with van der Waals surface area (Å²) in [5.41, 5.74) is 8.84. The molecule has 1 heterocycles. The molecular weight excluding hydrogens is 244 g/mol. The molecule has 2 heteroatoms. The van der Waals surface area contributed by atoms with Crippen LogP contribution in [0.3, 0.4) is 0 Å². The highest BCUT2D eigenvalue weighted by molar-refractivity contribution is 5.78. The minimum Gasteiger partial charge on any atom is -0.324 e. The molecule has 2 aromatic rings. The molecule has 1 aromatic carbocycles. The van der Waals surface area contributed by atoms with Crippen molar-refractivity contribution in [1.82, 2.24) is 4.98 Å². The van der Waals surface area contributed by atoms with Gasteiger partial charge in [0, 0.05) is 23.0 Å². The maximum absolute atomic E-state index is 6.73. The smallest absolute Gasteiger partial charge is 0.0705 e. The average molecular weight is 268 g/mol. The summed E-state index contributed by atoms with van der Waals surface area (Å²) in [7, 11) is 0. The number of aromatic nitrogens is 1. The van der Waals surface area contributed by atoms with Crippen molar-refractivity contribution >= 4 is 10.9 Å². The lowest BCUT2D eigenvalue weighted by Crippen LogP contribution is -2.52. The van der Waals surface area contributed by atoms with Crippen LogP contribution >= 0.6 is 0 Å². The molecule has 106 valence electrons. The van der Waals surface area contributed by atoms with E-state index in [-0.39, 0.29) is 5.54 Å². The summed E-state index contributed by atoms with van der Waals surface area (Å²) in [6, 6.07) is 12.6. The Kier molecular flexibility index (Phi) is 3.51. The first-order valence-electron chi connectivity index (χ1n) is 7.72. The second-order valence-corrected chi connectivity index (χ2v) is 6.56. The molecule has 1 aromatic heterocycles. The van der Waals surface area contributed by atoms with Crippen LogP contribution in [0, 0.1) is 11.8 Å². The fourth-order valence-electron chi connectivity index (χ4n) is 3.59. The molecule has 20 heavy (non-hydrogen) atoms. The van der Waals surface area contributed by atoms with Gasteiger partial charge in [-0.2, -0.15) is 0 Å². The number of pyridine rings is 1. The van der Waals surface area contributed by atoms with Crippen molar-refractivity contribution in [2.75, 3.05) is 0 Å². The lowest BCUT2D eigenvalue weighted by molar-refractivity contribution is 0.142. The van der Waals surface area contributed by atoms with Gasteiger partial charge in [0.25, 0.3) is 0 Å². The molecule has 0 saturated heterocycles. The third-order valence-electron chi connectivity index (χ3n) is 5.23. The van der Waals surface area contributed by atoms with E-state index in [1.807, 2.05) is 6.07 Å². The van der Waals surface area contributed by atoms with Crippen LogP contribution in [0.5, 0.6) is 0 Å². The van der Waals surface area contributed by atoms with Gasteiger partial charge in [-0.15, -0.1) is 0 Å². The van der Waals surface area contributed by atoms with Crippen molar-refractivity contribution < 1.29 is 0 Å². The van der Waals surface area contributed by atoms with Gasteiger partial charge in [0.2, 0.25) is 0 Å². The molecule has 2 N–H and O–H groups in total. The highest BCUT2D eigenvalue weighted by Gasteiger charge is 2.38. The van der Waals surface area contributed by atoms with Crippen molar-refractivity contribution in [1.29, 1.82) is 0 Å². The quantitative estimate of drug-likeness (QED) is 0.896.